The Kier molecular flexibility index (Phi) is 4.31. The number of nitrogens with one attached hydrogen (secondary N) is 1. The van der Waals surface area contributed by atoms with Gasteiger partial charge in [0.05, 0.1) is 18.2 Å². The molecule has 1 aromatic carbocycles. The van der Waals surface area contributed by atoms with Crippen LogP contribution in [0.4, 0.5) is 0 Å². The van der Waals surface area contributed by atoms with Crippen LogP contribution >= 0.6 is 15.9 Å². The van der Waals surface area contributed by atoms with Crippen LogP contribution in [0.5, 0.6) is 5.75 Å². The van der Waals surface area contributed by atoms with E-state index in [0.29, 0.717) is 6.04 Å². The second-order valence-electron chi connectivity index (χ2n) is 5.46. The maximum Gasteiger partial charge on any atom is 0.142 e. The van der Waals surface area contributed by atoms with E-state index in [0.717, 1.165) is 35.3 Å². The molecule has 1 aliphatic rings. The highest BCUT2D eigenvalue weighted by Gasteiger charge is 2.30. The summed E-state index contributed by atoms with van der Waals surface area (Å²) in [6.45, 7) is 3.20. The van der Waals surface area contributed by atoms with Gasteiger partial charge in [-0.25, -0.2) is 4.98 Å². The molecule has 112 valence electrons. The van der Waals surface area contributed by atoms with Crippen LogP contribution < -0.4 is 10.1 Å². The molecule has 4 nitrogen and oxygen atoms in total. The molecule has 1 N–H and O–H groups in total. The van der Waals surface area contributed by atoms with Gasteiger partial charge in [-0.3, -0.25) is 0 Å². The van der Waals surface area contributed by atoms with E-state index in [4.69, 9.17) is 4.74 Å². The zero-order valence-corrected chi connectivity index (χ0v) is 13.9. The number of nitrogens with zero attached hydrogens (tertiary/aromatic N) is 2. The van der Waals surface area contributed by atoms with Crippen molar-refractivity contribution >= 4 is 15.9 Å². The summed E-state index contributed by atoms with van der Waals surface area (Å²) in [7, 11) is 2.01. The van der Waals surface area contributed by atoms with E-state index in [1.54, 1.807) is 0 Å². The van der Waals surface area contributed by atoms with Crippen molar-refractivity contribution in [2.45, 2.75) is 31.9 Å². The molecule has 21 heavy (non-hydrogen) atoms. The van der Waals surface area contributed by atoms with Crippen LogP contribution in [0.2, 0.25) is 0 Å². The number of benzene rings is 1. The SMILES string of the molecule is CCCNC1CC(c2cncn2C)Oc2cc(Br)ccc21. The van der Waals surface area contributed by atoms with Crippen molar-refractivity contribution < 1.29 is 4.74 Å². The molecule has 5 heteroatoms. The number of rotatable bonds is 4. The van der Waals surface area contributed by atoms with Gasteiger partial charge >= 0.3 is 0 Å². The Morgan fingerprint density at radius 2 is 2.33 bits per heavy atom. The van der Waals surface area contributed by atoms with Crippen LogP contribution in [0, 0.1) is 0 Å². The molecule has 2 aromatic rings. The zero-order chi connectivity index (χ0) is 14.8. The minimum absolute atomic E-state index is 0.0358. The first-order chi connectivity index (χ1) is 10.2. The molecule has 0 aliphatic carbocycles. The van der Waals surface area contributed by atoms with Crippen LogP contribution in [0.25, 0.3) is 0 Å². The third-order valence-electron chi connectivity index (χ3n) is 3.89. The Hall–Kier alpha value is -1.33. The maximum atomic E-state index is 6.22. The standard InChI is InChI=1S/C16H20BrN3O/c1-3-6-19-13-8-16(14-9-18-10-20(14)2)21-15-7-11(17)4-5-12(13)15/h4-5,7,9-10,13,16,19H,3,6,8H2,1-2H3. The summed E-state index contributed by atoms with van der Waals surface area (Å²) >= 11 is 3.53. The number of imidazole rings is 1. The smallest absolute Gasteiger partial charge is 0.142 e. The fourth-order valence-electron chi connectivity index (χ4n) is 2.81. The second kappa shape index (κ2) is 6.20. The monoisotopic (exact) mass is 349 g/mol. The van der Waals surface area contributed by atoms with Crippen molar-refractivity contribution in [2.75, 3.05) is 6.54 Å². The first-order valence-corrected chi connectivity index (χ1v) is 8.14. The van der Waals surface area contributed by atoms with Crippen molar-refractivity contribution in [1.29, 1.82) is 0 Å². The van der Waals surface area contributed by atoms with Gasteiger partial charge in [0.15, 0.2) is 0 Å². The van der Waals surface area contributed by atoms with Crippen molar-refractivity contribution in [2.24, 2.45) is 7.05 Å². The maximum absolute atomic E-state index is 6.22. The second-order valence-corrected chi connectivity index (χ2v) is 6.38. The van der Waals surface area contributed by atoms with E-state index in [-0.39, 0.29) is 6.10 Å². The normalized spacial score (nSPS) is 20.9. The summed E-state index contributed by atoms with van der Waals surface area (Å²) in [5, 5.41) is 3.63. The fraction of sp³-hybridized carbons (Fsp3) is 0.438. The van der Waals surface area contributed by atoms with E-state index in [2.05, 4.69) is 51.4 Å². The van der Waals surface area contributed by atoms with Crippen molar-refractivity contribution in [3.8, 4) is 5.75 Å². The number of hydrogen-bond donors (Lipinski definition) is 1. The molecule has 0 saturated heterocycles. The summed E-state index contributed by atoms with van der Waals surface area (Å²) in [6, 6.07) is 6.60. The molecule has 0 amide bonds. The van der Waals surface area contributed by atoms with Gasteiger partial charge < -0.3 is 14.6 Å². The van der Waals surface area contributed by atoms with Gasteiger partial charge in [0.1, 0.15) is 11.9 Å². The van der Waals surface area contributed by atoms with Crippen molar-refractivity contribution in [3.05, 3.63) is 46.5 Å². The molecular weight excluding hydrogens is 330 g/mol. The lowest BCUT2D eigenvalue weighted by Gasteiger charge is -2.33. The largest absolute Gasteiger partial charge is 0.484 e. The van der Waals surface area contributed by atoms with Crippen molar-refractivity contribution in [1.82, 2.24) is 14.9 Å². The van der Waals surface area contributed by atoms with E-state index in [1.165, 1.54) is 5.56 Å². The number of hydrogen-bond acceptors (Lipinski definition) is 3. The number of ether oxygens (including phenoxy) is 1. The third kappa shape index (κ3) is 2.99. The topological polar surface area (TPSA) is 39.1 Å². The molecule has 2 atom stereocenters. The highest BCUT2D eigenvalue weighted by molar-refractivity contribution is 9.10. The predicted molar refractivity (Wildman–Crippen MR) is 86.4 cm³/mol. The summed E-state index contributed by atoms with van der Waals surface area (Å²) < 4.78 is 9.29. The summed E-state index contributed by atoms with van der Waals surface area (Å²) in [5.41, 5.74) is 2.36. The van der Waals surface area contributed by atoms with Crippen molar-refractivity contribution in [3.63, 3.8) is 0 Å². The van der Waals surface area contributed by atoms with Gasteiger partial charge in [-0.1, -0.05) is 28.9 Å². The molecular formula is C16H20BrN3O. The van der Waals surface area contributed by atoms with Gasteiger partial charge in [0.25, 0.3) is 0 Å². The lowest BCUT2D eigenvalue weighted by molar-refractivity contribution is 0.144. The van der Waals surface area contributed by atoms with Gasteiger partial charge in [-0.2, -0.15) is 0 Å². The van der Waals surface area contributed by atoms with Gasteiger partial charge in [0, 0.05) is 29.5 Å². The molecule has 2 heterocycles. The zero-order valence-electron chi connectivity index (χ0n) is 12.3. The predicted octanol–water partition coefficient (Wildman–Crippen LogP) is 3.75. The Labute approximate surface area is 133 Å². The lowest BCUT2D eigenvalue weighted by atomic mass is 9.95. The Bertz CT molecular complexity index is 626. The molecule has 1 aromatic heterocycles. The molecule has 0 fully saturated rings. The summed E-state index contributed by atoms with van der Waals surface area (Å²) in [6.07, 6.45) is 5.80. The third-order valence-corrected chi connectivity index (χ3v) is 4.39. The summed E-state index contributed by atoms with van der Waals surface area (Å²) in [4.78, 5) is 4.21. The first kappa shape index (κ1) is 14.6. The molecule has 0 spiro atoms. The molecule has 0 radical (unpaired) electrons. The van der Waals surface area contributed by atoms with Gasteiger partial charge in [-0.15, -0.1) is 0 Å². The highest BCUT2D eigenvalue weighted by atomic mass is 79.9. The molecule has 0 bridgehead atoms. The minimum atomic E-state index is 0.0358. The Morgan fingerprint density at radius 1 is 1.48 bits per heavy atom. The van der Waals surface area contributed by atoms with E-state index in [1.807, 2.05) is 24.1 Å². The van der Waals surface area contributed by atoms with E-state index in [9.17, 15) is 0 Å². The molecule has 3 rings (SSSR count). The minimum Gasteiger partial charge on any atom is -0.484 e. The highest BCUT2D eigenvalue weighted by Crippen LogP contribution is 2.41. The first-order valence-electron chi connectivity index (χ1n) is 7.34. The molecule has 2 unspecified atom stereocenters. The van der Waals surface area contributed by atoms with E-state index < -0.39 is 0 Å². The van der Waals surface area contributed by atoms with E-state index >= 15 is 0 Å². The fourth-order valence-corrected chi connectivity index (χ4v) is 3.15. The van der Waals surface area contributed by atoms with Crippen LogP contribution in [0.1, 0.15) is 43.2 Å². The van der Waals surface area contributed by atoms with Crippen LogP contribution in [-0.4, -0.2) is 16.1 Å². The lowest BCUT2D eigenvalue weighted by Crippen LogP contribution is -2.30. The van der Waals surface area contributed by atoms with Crippen LogP contribution in [0.15, 0.2) is 35.2 Å². The number of aryl methyl sites for hydroxylation is 1. The Balaban J connectivity index is 1.93. The number of fused-ring (bicyclic) bond motifs is 1. The van der Waals surface area contributed by atoms with Gasteiger partial charge in [0.2, 0.25) is 0 Å². The van der Waals surface area contributed by atoms with Crippen LogP contribution in [-0.2, 0) is 7.05 Å². The number of halogens is 1. The average molecular weight is 350 g/mol. The Morgan fingerprint density at radius 3 is 3.05 bits per heavy atom. The molecule has 0 saturated carbocycles. The number of aromatic nitrogens is 2. The van der Waals surface area contributed by atoms with Crippen LogP contribution in [0.3, 0.4) is 0 Å². The average Bonchev–Trinajstić information content (AvgIpc) is 2.90. The summed E-state index contributed by atoms with van der Waals surface area (Å²) in [5.74, 6) is 0.954. The molecule has 1 aliphatic heterocycles. The van der Waals surface area contributed by atoms with Gasteiger partial charge in [-0.05, 0) is 25.1 Å². The quantitative estimate of drug-likeness (QED) is 0.913.